The minimum Gasteiger partial charge on any atom is -0.354 e. The van der Waals surface area contributed by atoms with Crippen molar-refractivity contribution in [2.24, 2.45) is 0 Å². The first kappa shape index (κ1) is 15.5. The Balaban J connectivity index is 1.57. The van der Waals surface area contributed by atoms with Gasteiger partial charge in [0, 0.05) is 31.9 Å². The number of nitrogens with one attached hydrogen (secondary N) is 1. The van der Waals surface area contributed by atoms with Crippen LogP contribution in [0, 0.1) is 0 Å². The molecule has 1 N–H and O–H groups in total. The molecule has 1 aromatic heterocycles. The van der Waals surface area contributed by atoms with Crippen molar-refractivity contribution in [3.05, 3.63) is 52.1 Å². The van der Waals surface area contributed by atoms with Gasteiger partial charge in [0.25, 0.3) is 0 Å². The molecule has 1 saturated heterocycles. The summed E-state index contributed by atoms with van der Waals surface area (Å²) in [7, 11) is 0. The maximum atomic E-state index is 6.06. The number of benzene rings is 1. The van der Waals surface area contributed by atoms with Crippen LogP contribution in [-0.4, -0.2) is 29.3 Å². The van der Waals surface area contributed by atoms with Crippen molar-refractivity contribution in [2.45, 2.75) is 25.4 Å². The molecule has 3 rings (SSSR count). The molecule has 4 nitrogen and oxygen atoms in total. The van der Waals surface area contributed by atoms with Gasteiger partial charge in [0.2, 0.25) is 0 Å². The first-order chi connectivity index (χ1) is 10.7. The fourth-order valence-electron chi connectivity index (χ4n) is 2.73. The molecule has 0 spiro atoms. The van der Waals surface area contributed by atoms with E-state index in [1.54, 1.807) is 6.20 Å². The predicted molar refractivity (Wildman–Crippen MR) is 90.6 cm³/mol. The zero-order chi connectivity index (χ0) is 15.4. The second-order valence-corrected chi connectivity index (χ2v) is 6.31. The normalized spacial score (nSPS) is 18.5. The SMILES string of the molecule is Clc1ccc(CNC2CCCN(c3cccnn3)C2)cc1Cl. The monoisotopic (exact) mass is 336 g/mol. The summed E-state index contributed by atoms with van der Waals surface area (Å²) in [4.78, 5) is 2.28. The quantitative estimate of drug-likeness (QED) is 0.927. The number of piperidine rings is 1. The highest BCUT2D eigenvalue weighted by molar-refractivity contribution is 6.42. The second kappa shape index (κ2) is 7.27. The first-order valence-electron chi connectivity index (χ1n) is 7.42. The molecule has 1 aromatic carbocycles. The molecular formula is C16H18Cl2N4. The molecule has 22 heavy (non-hydrogen) atoms. The summed E-state index contributed by atoms with van der Waals surface area (Å²) in [6.07, 6.45) is 4.02. The van der Waals surface area contributed by atoms with Crippen LogP contribution in [0.5, 0.6) is 0 Å². The molecule has 1 aliphatic heterocycles. The molecule has 2 heterocycles. The Hall–Kier alpha value is -1.36. The van der Waals surface area contributed by atoms with Gasteiger partial charge in [-0.1, -0.05) is 29.3 Å². The van der Waals surface area contributed by atoms with Crippen LogP contribution in [0.15, 0.2) is 36.5 Å². The fourth-order valence-corrected chi connectivity index (χ4v) is 3.05. The van der Waals surface area contributed by atoms with Crippen LogP contribution in [0.2, 0.25) is 10.0 Å². The van der Waals surface area contributed by atoms with Gasteiger partial charge in [-0.05, 0) is 42.7 Å². The Morgan fingerprint density at radius 3 is 2.91 bits per heavy atom. The maximum Gasteiger partial charge on any atom is 0.151 e. The minimum atomic E-state index is 0.435. The molecule has 0 bridgehead atoms. The van der Waals surface area contributed by atoms with E-state index in [0.717, 1.165) is 43.9 Å². The molecule has 116 valence electrons. The van der Waals surface area contributed by atoms with Crippen molar-refractivity contribution < 1.29 is 0 Å². The number of hydrogen-bond acceptors (Lipinski definition) is 4. The maximum absolute atomic E-state index is 6.06. The Labute approximate surface area is 140 Å². The van der Waals surface area contributed by atoms with Crippen LogP contribution >= 0.6 is 23.2 Å². The largest absolute Gasteiger partial charge is 0.354 e. The van der Waals surface area contributed by atoms with Gasteiger partial charge in [0.15, 0.2) is 5.82 Å². The number of nitrogens with zero attached hydrogens (tertiary/aromatic N) is 3. The molecule has 0 amide bonds. The van der Waals surface area contributed by atoms with Gasteiger partial charge in [-0.25, -0.2) is 0 Å². The van der Waals surface area contributed by atoms with E-state index in [1.165, 1.54) is 0 Å². The van der Waals surface area contributed by atoms with Crippen LogP contribution < -0.4 is 10.2 Å². The lowest BCUT2D eigenvalue weighted by Gasteiger charge is -2.33. The molecule has 0 aliphatic carbocycles. The zero-order valence-electron chi connectivity index (χ0n) is 12.2. The number of halogens is 2. The van der Waals surface area contributed by atoms with Gasteiger partial charge in [-0.3, -0.25) is 0 Å². The highest BCUT2D eigenvalue weighted by Crippen LogP contribution is 2.23. The van der Waals surface area contributed by atoms with Crippen molar-refractivity contribution in [3.8, 4) is 0 Å². The van der Waals surface area contributed by atoms with Gasteiger partial charge >= 0.3 is 0 Å². The van der Waals surface area contributed by atoms with E-state index in [1.807, 2.05) is 30.3 Å². The Morgan fingerprint density at radius 1 is 1.23 bits per heavy atom. The van der Waals surface area contributed by atoms with E-state index in [4.69, 9.17) is 23.2 Å². The molecule has 1 aliphatic rings. The third kappa shape index (κ3) is 3.88. The van der Waals surface area contributed by atoms with E-state index >= 15 is 0 Å². The molecule has 1 unspecified atom stereocenters. The van der Waals surface area contributed by atoms with Crippen LogP contribution in [-0.2, 0) is 6.54 Å². The summed E-state index contributed by atoms with van der Waals surface area (Å²) in [5.41, 5.74) is 1.14. The molecule has 0 saturated carbocycles. The van der Waals surface area contributed by atoms with Crippen molar-refractivity contribution in [2.75, 3.05) is 18.0 Å². The Morgan fingerprint density at radius 2 is 2.14 bits per heavy atom. The van der Waals surface area contributed by atoms with E-state index in [2.05, 4.69) is 20.4 Å². The number of anilines is 1. The van der Waals surface area contributed by atoms with Crippen molar-refractivity contribution in [3.63, 3.8) is 0 Å². The topological polar surface area (TPSA) is 41.0 Å². The summed E-state index contributed by atoms with van der Waals surface area (Å²) in [5.74, 6) is 0.948. The zero-order valence-corrected chi connectivity index (χ0v) is 13.7. The molecule has 1 atom stereocenters. The summed E-state index contributed by atoms with van der Waals surface area (Å²) >= 11 is 12.0. The van der Waals surface area contributed by atoms with Gasteiger partial charge < -0.3 is 10.2 Å². The van der Waals surface area contributed by atoms with Crippen molar-refractivity contribution in [1.29, 1.82) is 0 Å². The molecule has 2 aromatic rings. The number of hydrogen-bond donors (Lipinski definition) is 1. The highest BCUT2D eigenvalue weighted by atomic mass is 35.5. The van der Waals surface area contributed by atoms with Crippen LogP contribution in [0.1, 0.15) is 18.4 Å². The standard InChI is InChI=1S/C16H18Cl2N4/c17-14-6-5-12(9-15(14)18)10-19-13-3-2-8-22(11-13)16-4-1-7-20-21-16/h1,4-7,9,13,19H,2-3,8,10-11H2. The lowest BCUT2D eigenvalue weighted by Crippen LogP contribution is -2.45. The number of aromatic nitrogens is 2. The lowest BCUT2D eigenvalue weighted by molar-refractivity contribution is 0.419. The Kier molecular flexibility index (Phi) is 5.13. The predicted octanol–water partition coefficient (Wildman–Crippen LogP) is 3.54. The summed E-state index contributed by atoms with van der Waals surface area (Å²) in [5, 5.41) is 12.9. The third-order valence-electron chi connectivity index (χ3n) is 3.88. The fraction of sp³-hybridized carbons (Fsp3) is 0.375. The van der Waals surface area contributed by atoms with Gasteiger partial charge in [0.05, 0.1) is 10.0 Å². The molecule has 1 fully saturated rings. The van der Waals surface area contributed by atoms with Gasteiger partial charge in [0.1, 0.15) is 0 Å². The van der Waals surface area contributed by atoms with Crippen molar-refractivity contribution in [1.82, 2.24) is 15.5 Å². The van der Waals surface area contributed by atoms with E-state index in [0.29, 0.717) is 16.1 Å². The van der Waals surface area contributed by atoms with Crippen molar-refractivity contribution >= 4 is 29.0 Å². The van der Waals surface area contributed by atoms with E-state index in [9.17, 15) is 0 Å². The second-order valence-electron chi connectivity index (χ2n) is 5.50. The first-order valence-corrected chi connectivity index (χ1v) is 8.18. The highest BCUT2D eigenvalue weighted by Gasteiger charge is 2.20. The average molecular weight is 337 g/mol. The molecule has 6 heteroatoms. The van der Waals surface area contributed by atoms with E-state index in [-0.39, 0.29) is 0 Å². The van der Waals surface area contributed by atoms with Gasteiger partial charge in [-0.15, -0.1) is 5.10 Å². The van der Waals surface area contributed by atoms with Crippen LogP contribution in [0.25, 0.3) is 0 Å². The van der Waals surface area contributed by atoms with E-state index < -0.39 is 0 Å². The minimum absolute atomic E-state index is 0.435. The third-order valence-corrected chi connectivity index (χ3v) is 4.62. The summed E-state index contributed by atoms with van der Waals surface area (Å²) < 4.78 is 0. The number of rotatable bonds is 4. The average Bonchev–Trinajstić information content (AvgIpc) is 2.57. The van der Waals surface area contributed by atoms with Gasteiger partial charge in [-0.2, -0.15) is 5.10 Å². The van der Waals surface area contributed by atoms with Crippen LogP contribution in [0.3, 0.4) is 0 Å². The smallest absolute Gasteiger partial charge is 0.151 e. The molecular weight excluding hydrogens is 319 g/mol. The molecule has 0 radical (unpaired) electrons. The summed E-state index contributed by atoms with van der Waals surface area (Å²) in [6, 6.07) is 10.1. The Bertz CT molecular complexity index is 621. The lowest BCUT2D eigenvalue weighted by atomic mass is 10.1. The van der Waals surface area contributed by atoms with Crippen LogP contribution in [0.4, 0.5) is 5.82 Å². The summed E-state index contributed by atoms with van der Waals surface area (Å²) in [6.45, 7) is 2.76.